The molecule has 2 atom stereocenters. The number of morpholine rings is 1. The molecule has 2 saturated heterocycles. The van der Waals surface area contributed by atoms with Crippen molar-refractivity contribution in [1.29, 1.82) is 0 Å². The minimum atomic E-state index is -2.85. The first kappa shape index (κ1) is 20.8. The Bertz CT molecular complexity index is 606. The summed E-state index contributed by atoms with van der Waals surface area (Å²) in [6, 6.07) is 6.16. The van der Waals surface area contributed by atoms with Gasteiger partial charge in [-0.05, 0) is 24.1 Å². The molecule has 0 radical (unpaired) electrons. The zero-order valence-electron chi connectivity index (χ0n) is 15.7. The molecule has 0 unspecified atom stereocenters. The van der Waals surface area contributed by atoms with E-state index in [0.29, 0.717) is 32.2 Å². The van der Waals surface area contributed by atoms with Crippen LogP contribution in [0, 0.1) is 5.92 Å². The van der Waals surface area contributed by atoms with Crippen LogP contribution in [0.3, 0.4) is 0 Å². The van der Waals surface area contributed by atoms with Gasteiger partial charge >= 0.3 is 12.6 Å². The van der Waals surface area contributed by atoms with Gasteiger partial charge in [-0.25, -0.2) is 4.79 Å². The number of ether oxygens (including phenoxy) is 3. The maximum Gasteiger partial charge on any atom is 0.387 e. The summed E-state index contributed by atoms with van der Waals surface area (Å²) >= 11 is 0. The Hall–Kier alpha value is -1.97. The maximum absolute atomic E-state index is 12.2. The van der Waals surface area contributed by atoms with Crippen LogP contribution < -0.4 is 15.4 Å². The second-order valence-electron chi connectivity index (χ2n) is 6.93. The third-order valence-corrected chi connectivity index (χ3v) is 5.10. The van der Waals surface area contributed by atoms with E-state index in [1.165, 1.54) is 12.1 Å². The summed E-state index contributed by atoms with van der Waals surface area (Å²) in [5.41, 5.74) is 0.797. The molecule has 0 spiro atoms. The molecular formula is C19H27F2N3O4. The lowest BCUT2D eigenvalue weighted by molar-refractivity contribution is -0.0498. The predicted octanol–water partition coefficient (Wildman–Crippen LogP) is 1.82. The van der Waals surface area contributed by atoms with E-state index >= 15 is 0 Å². The highest BCUT2D eigenvalue weighted by atomic mass is 19.3. The highest BCUT2D eigenvalue weighted by Crippen LogP contribution is 2.22. The molecule has 0 saturated carbocycles. The average Bonchev–Trinajstić information content (AvgIpc) is 3.22. The van der Waals surface area contributed by atoms with Gasteiger partial charge in [0.15, 0.2) is 0 Å². The molecule has 7 nitrogen and oxygen atoms in total. The number of benzene rings is 1. The Kier molecular flexibility index (Phi) is 7.81. The molecule has 2 aliphatic rings. The molecule has 2 aliphatic heterocycles. The Morgan fingerprint density at radius 1 is 1.14 bits per heavy atom. The summed E-state index contributed by atoms with van der Waals surface area (Å²) in [6.45, 7) is 2.62. The molecule has 0 aromatic heterocycles. The predicted molar refractivity (Wildman–Crippen MR) is 98.4 cm³/mol. The second kappa shape index (κ2) is 10.5. The van der Waals surface area contributed by atoms with Gasteiger partial charge in [-0.2, -0.15) is 8.78 Å². The quantitative estimate of drug-likeness (QED) is 0.698. The van der Waals surface area contributed by atoms with Crippen LogP contribution in [-0.4, -0.2) is 69.6 Å². The molecule has 3 rings (SSSR count). The van der Waals surface area contributed by atoms with E-state index in [1.54, 1.807) is 12.1 Å². The number of carbonyl (C=O) groups excluding carboxylic acids is 1. The number of carbonyl (C=O) groups is 1. The summed E-state index contributed by atoms with van der Waals surface area (Å²) in [5.74, 6) is 0.496. The first-order valence-corrected chi connectivity index (χ1v) is 9.57. The summed E-state index contributed by atoms with van der Waals surface area (Å²) < 4.78 is 39.6. The average molecular weight is 399 g/mol. The molecule has 9 heteroatoms. The first-order valence-electron chi connectivity index (χ1n) is 9.57. The van der Waals surface area contributed by atoms with Gasteiger partial charge in [-0.15, -0.1) is 0 Å². The third kappa shape index (κ3) is 6.29. The fourth-order valence-electron chi connectivity index (χ4n) is 3.59. The minimum Gasteiger partial charge on any atom is -0.435 e. The number of halogens is 2. The number of rotatable bonds is 8. The van der Waals surface area contributed by atoms with Gasteiger partial charge in [0.1, 0.15) is 5.75 Å². The maximum atomic E-state index is 12.2. The van der Waals surface area contributed by atoms with Gasteiger partial charge in [-0.3, -0.25) is 4.90 Å². The van der Waals surface area contributed by atoms with E-state index in [4.69, 9.17) is 9.47 Å². The van der Waals surface area contributed by atoms with Crippen molar-refractivity contribution in [2.45, 2.75) is 25.6 Å². The van der Waals surface area contributed by atoms with Crippen molar-refractivity contribution in [3.63, 3.8) is 0 Å². The van der Waals surface area contributed by atoms with Crippen LogP contribution in [0.25, 0.3) is 0 Å². The Balaban J connectivity index is 1.44. The lowest BCUT2D eigenvalue weighted by atomic mass is 9.97. The molecule has 0 aliphatic carbocycles. The summed E-state index contributed by atoms with van der Waals surface area (Å²) in [4.78, 5) is 14.6. The fraction of sp³-hybridized carbons (Fsp3) is 0.632. The fourth-order valence-corrected chi connectivity index (χ4v) is 3.59. The standard InChI is InChI=1S/C19H27F2N3O4/c20-18(21)28-16-3-1-14(2-4-16)11-22-19(25)23-12-17(15-5-8-27-13-15)24-6-9-26-10-7-24/h1-4,15,17-18H,5-13H2,(H2,22,23,25)/t15-,17+/m1/s1. The topological polar surface area (TPSA) is 72.1 Å². The van der Waals surface area contributed by atoms with Crippen molar-refractivity contribution in [2.24, 2.45) is 5.92 Å². The highest BCUT2D eigenvalue weighted by Gasteiger charge is 2.31. The normalized spacial score (nSPS) is 21.5. The zero-order chi connectivity index (χ0) is 19.8. The molecule has 2 heterocycles. The van der Waals surface area contributed by atoms with Crippen LogP contribution in [-0.2, 0) is 16.0 Å². The molecule has 2 N–H and O–H groups in total. The van der Waals surface area contributed by atoms with Crippen LogP contribution in [0.1, 0.15) is 12.0 Å². The zero-order valence-corrected chi connectivity index (χ0v) is 15.7. The Morgan fingerprint density at radius 3 is 2.54 bits per heavy atom. The van der Waals surface area contributed by atoms with Crippen molar-refractivity contribution in [3.8, 4) is 5.75 Å². The van der Waals surface area contributed by atoms with E-state index in [0.717, 1.165) is 38.3 Å². The monoisotopic (exact) mass is 399 g/mol. The van der Waals surface area contributed by atoms with Gasteiger partial charge in [-0.1, -0.05) is 12.1 Å². The van der Waals surface area contributed by atoms with Gasteiger partial charge < -0.3 is 24.8 Å². The molecule has 2 fully saturated rings. The van der Waals surface area contributed by atoms with Gasteiger partial charge in [0, 0.05) is 44.7 Å². The molecule has 156 valence electrons. The van der Waals surface area contributed by atoms with E-state index < -0.39 is 6.61 Å². The number of alkyl halides is 2. The van der Waals surface area contributed by atoms with E-state index in [-0.39, 0.29) is 17.8 Å². The lowest BCUT2D eigenvalue weighted by Gasteiger charge is -2.37. The SMILES string of the molecule is O=C(NCc1ccc(OC(F)F)cc1)NC[C@@H]([C@@H]1CCOC1)N1CCOCC1. The molecule has 28 heavy (non-hydrogen) atoms. The van der Waals surface area contributed by atoms with Crippen molar-refractivity contribution in [3.05, 3.63) is 29.8 Å². The second-order valence-corrected chi connectivity index (χ2v) is 6.93. The van der Waals surface area contributed by atoms with Gasteiger partial charge in [0.2, 0.25) is 0 Å². The summed E-state index contributed by atoms with van der Waals surface area (Å²) in [6.07, 6.45) is 0.998. The molecule has 2 amide bonds. The van der Waals surface area contributed by atoms with Crippen LogP contribution in [0.5, 0.6) is 5.75 Å². The summed E-state index contributed by atoms with van der Waals surface area (Å²) in [5, 5.41) is 5.75. The largest absolute Gasteiger partial charge is 0.435 e. The number of amides is 2. The van der Waals surface area contributed by atoms with Gasteiger partial charge in [0.05, 0.1) is 19.8 Å². The number of hydrogen-bond donors (Lipinski definition) is 2. The van der Waals surface area contributed by atoms with E-state index in [2.05, 4.69) is 20.3 Å². The Labute approximate surface area is 163 Å². The van der Waals surface area contributed by atoms with E-state index in [1.807, 2.05) is 0 Å². The molecule has 1 aromatic carbocycles. The van der Waals surface area contributed by atoms with Crippen LogP contribution >= 0.6 is 0 Å². The third-order valence-electron chi connectivity index (χ3n) is 5.10. The number of urea groups is 1. The van der Waals surface area contributed by atoms with Crippen molar-refractivity contribution >= 4 is 6.03 Å². The van der Waals surface area contributed by atoms with Crippen molar-refractivity contribution < 1.29 is 27.8 Å². The molecular weight excluding hydrogens is 372 g/mol. The molecule has 1 aromatic rings. The first-order chi connectivity index (χ1) is 13.6. The van der Waals surface area contributed by atoms with Crippen LogP contribution in [0.2, 0.25) is 0 Å². The lowest BCUT2D eigenvalue weighted by Crippen LogP contribution is -2.53. The van der Waals surface area contributed by atoms with Gasteiger partial charge in [0.25, 0.3) is 0 Å². The summed E-state index contributed by atoms with van der Waals surface area (Å²) in [7, 11) is 0. The number of nitrogens with one attached hydrogen (secondary N) is 2. The smallest absolute Gasteiger partial charge is 0.387 e. The van der Waals surface area contributed by atoms with Crippen LogP contribution in [0.4, 0.5) is 13.6 Å². The molecule has 0 bridgehead atoms. The van der Waals surface area contributed by atoms with Crippen LogP contribution in [0.15, 0.2) is 24.3 Å². The van der Waals surface area contributed by atoms with E-state index in [9.17, 15) is 13.6 Å². The van der Waals surface area contributed by atoms with Crippen molar-refractivity contribution in [1.82, 2.24) is 15.5 Å². The number of hydrogen-bond acceptors (Lipinski definition) is 5. The number of nitrogens with zero attached hydrogens (tertiary/aromatic N) is 1. The highest BCUT2D eigenvalue weighted by molar-refractivity contribution is 5.73. The minimum absolute atomic E-state index is 0.0929. The van der Waals surface area contributed by atoms with Crippen molar-refractivity contribution in [2.75, 3.05) is 46.1 Å². The Morgan fingerprint density at radius 2 is 1.89 bits per heavy atom.